The maximum absolute atomic E-state index is 14.3. The molecular formula is C35H42N4O7. The normalized spacial score (nSPS) is 19.4. The second-order valence-electron chi connectivity index (χ2n) is 13.5. The van der Waals surface area contributed by atoms with E-state index in [9.17, 15) is 24.3 Å². The average molecular weight is 631 g/mol. The molecule has 2 fully saturated rings. The van der Waals surface area contributed by atoms with Crippen LogP contribution in [0.2, 0.25) is 0 Å². The van der Waals surface area contributed by atoms with Crippen molar-refractivity contribution in [3.63, 3.8) is 0 Å². The fraction of sp³-hybridized carbons (Fsp3) is 0.457. The lowest BCUT2D eigenvalue weighted by atomic mass is 9.91. The minimum absolute atomic E-state index is 0.176. The van der Waals surface area contributed by atoms with E-state index in [1.54, 1.807) is 27.9 Å². The Labute approximate surface area is 268 Å². The summed E-state index contributed by atoms with van der Waals surface area (Å²) in [5.41, 5.74) is 1.16. The average Bonchev–Trinajstić information content (AvgIpc) is 3.66. The van der Waals surface area contributed by atoms with E-state index in [-0.39, 0.29) is 24.8 Å². The summed E-state index contributed by atoms with van der Waals surface area (Å²) in [5.74, 6) is -2.04. The number of hydrogen-bond donors (Lipinski definition) is 3. The summed E-state index contributed by atoms with van der Waals surface area (Å²) in [6.07, 6.45) is 0.166. The highest BCUT2D eigenvalue weighted by molar-refractivity contribution is 5.96. The third kappa shape index (κ3) is 6.93. The summed E-state index contributed by atoms with van der Waals surface area (Å²) in [4.78, 5) is 59.2. The van der Waals surface area contributed by atoms with Gasteiger partial charge in [-0.05, 0) is 69.7 Å². The van der Waals surface area contributed by atoms with E-state index >= 15 is 0 Å². The highest BCUT2D eigenvalue weighted by atomic mass is 16.6. The lowest BCUT2D eigenvalue weighted by Gasteiger charge is -2.31. The van der Waals surface area contributed by atoms with E-state index in [1.165, 1.54) is 4.90 Å². The molecule has 11 nitrogen and oxygen atoms in total. The summed E-state index contributed by atoms with van der Waals surface area (Å²) in [6.45, 7) is 9.00. The SMILES string of the molecule is COc1ccc2c([C@@H]3C[C@@H](C(=O)NC4(C(=O)O)CC4)N(C(=O)[C@@H](NC(=O)OC(C)(C)C)C(C)C)C3)cc(-c3ccccc3)nc2c1. The van der Waals surface area contributed by atoms with E-state index in [2.05, 4.69) is 10.6 Å². The van der Waals surface area contributed by atoms with Crippen molar-refractivity contribution in [2.45, 2.75) is 83.0 Å². The van der Waals surface area contributed by atoms with Gasteiger partial charge in [-0.1, -0.05) is 44.2 Å². The van der Waals surface area contributed by atoms with Gasteiger partial charge in [-0.2, -0.15) is 0 Å². The third-order valence-corrected chi connectivity index (χ3v) is 8.57. The topological polar surface area (TPSA) is 147 Å². The van der Waals surface area contributed by atoms with Crippen LogP contribution < -0.4 is 15.4 Å². The summed E-state index contributed by atoms with van der Waals surface area (Å²) in [6, 6.07) is 15.4. The van der Waals surface area contributed by atoms with Crippen molar-refractivity contribution < 1.29 is 33.8 Å². The molecule has 3 aromatic rings. The molecule has 2 heterocycles. The molecule has 2 aromatic carbocycles. The van der Waals surface area contributed by atoms with E-state index in [4.69, 9.17) is 14.5 Å². The summed E-state index contributed by atoms with van der Waals surface area (Å²) >= 11 is 0. The predicted octanol–water partition coefficient (Wildman–Crippen LogP) is 4.88. The Balaban J connectivity index is 1.55. The van der Waals surface area contributed by atoms with E-state index in [0.29, 0.717) is 24.1 Å². The molecule has 0 radical (unpaired) electrons. The van der Waals surface area contributed by atoms with Crippen LogP contribution in [0.15, 0.2) is 54.6 Å². The number of nitrogens with zero attached hydrogens (tertiary/aromatic N) is 2. The van der Waals surface area contributed by atoms with Gasteiger partial charge in [-0.3, -0.25) is 9.59 Å². The Morgan fingerprint density at radius 1 is 1.04 bits per heavy atom. The van der Waals surface area contributed by atoms with Crippen molar-refractivity contribution in [2.24, 2.45) is 5.92 Å². The number of nitrogens with one attached hydrogen (secondary N) is 2. The smallest absolute Gasteiger partial charge is 0.408 e. The Bertz CT molecular complexity index is 1650. The molecule has 3 N–H and O–H groups in total. The molecule has 0 bridgehead atoms. The molecule has 1 aliphatic carbocycles. The number of aliphatic carboxylic acids is 1. The number of likely N-dealkylation sites (tertiary alicyclic amines) is 1. The van der Waals surface area contributed by atoms with Crippen molar-refractivity contribution >= 4 is 34.8 Å². The van der Waals surface area contributed by atoms with E-state index < -0.39 is 47.1 Å². The molecule has 244 valence electrons. The molecule has 5 rings (SSSR count). The number of benzene rings is 2. The number of hydrogen-bond acceptors (Lipinski definition) is 7. The number of carbonyl (C=O) groups excluding carboxylic acids is 3. The molecule has 1 saturated carbocycles. The van der Waals surface area contributed by atoms with Gasteiger partial charge in [-0.25, -0.2) is 14.6 Å². The van der Waals surface area contributed by atoms with Gasteiger partial charge < -0.3 is 30.1 Å². The van der Waals surface area contributed by atoms with Crippen molar-refractivity contribution in [2.75, 3.05) is 13.7 Å². The van der Waals surface area contributed by atoms with Gasteiger partial charge in [0.2, 0.25) is 11.8 Å². The first kappa shape index (κ1) is 32.7. The number of carbonyl (C=O) groups is 4. The van der Waals surface area contributed by atoms with Crippen LogP contribution in [0.25, 0.3) is 22.2 Å². The van der Waals surface area contributed by atoms with Crippen LogP contribution in [0.1, 0.15) is 65.4 Å². The number of pyridine rings is 1. The summed E-state index contributed by atoms with van der Waals surface area (Å²) in [7, 11) is 1.59. The van der Waals surface area contributed by atoms with E-state index in [0.717, 1.165) is 22.2 Å². The first-order valence-corrected chi connectivity index (χ1v) is 15.6. The number of carboxylic acids is 1. The molecule has 11 heteroatoms. The number of methoxy groups -OCH3 is 1. The zero-order valence-electron chi connectivity index (χ0n) is 27.1. The molecule has 0 spiro atoms. The predicted molar refractivity (Wildman–Crippen MR) is 172 cm³/mol. The molecule has 1 aliphatic heterocycles. The van der Waals surface area contributed by atoms with Crippen molar-refractivity contribution in [1.29, 1.82) is 0 Å². The maximum Gasteiger partial charge on any atom is 0.408 e. The first-order valence-electron chi connectivity index (χ1n) is 15.6. The number of aromatic nitrogens is 1. The first-order chi connectivity index (χ1) is 21.7. The van der Waals surface area contributed by atoms with Gasteiger partial charge in [0.1, 0.15) is 29.0 Å². The standard InChI is InChI=1S/C35H42N4O7/c1-20(2)29(37-33(44)46-34(3,4)5)31(41)39-19-22(16-28(39)30(40)38-35(14-15-35)32(42)43)25-18-26(21-10-8-7-9-11-21)36-27-17-23(45-6)12-13-24(25)27/h7-13,17-18,20,22,28-29H,14-16,19H2,1-6H3,(H,37,44)(H,38,40)(H,42,43)/t22-,28+,29+/m1/s1. The highest BCUT2D eigenvalue weighted by Crippen LogP contribution is 2.40. The minimum Gasteiger partial charge on any atom is -0.497 e. The third-order valence-electron chi connectivity index (χ3n) is 8.57. The second-order valence-corrected chi connectivity index (χ2v) is 13.5. The molecule has 3 atom stereocenters. The molecule has 1 saturated heterocycles. The molecule has 1 aromatic heterocycles. The fourth-order valence-electron chi connectivity index (χ4n) is 5.97. The van der Waals surface area contributed by atoms with Crippen LogP contribution in [0.5, 0.6) is 5.75 Å². The number of carboxylic acid groups (broad SMARTS) is 1. The lowest BCUT2D eigenvalue weighted by molar-refractivity contribution is -0.145. The van der Waals surface area contributed by atoms with Crippen LogP contribution >= 0.6 is 0 Å². The number of rotatable bonds is 9. The molecule has 46 heavy (non-hydrogen) atoms. The Hall–Kier alpha value is -4.67. The molecule has 3 amide bonds. The Morgan fingerprint density at radius 2 is 1.74 bits per heavy atom. The fourth-order valence-corrected chi connectivity index (χ4v) is 5.97. The van der Waals surface area contributed by atoms with E-state index in [1.807, 2.05) is 68.4 Å². The van der Waals surface area contributed by atoms with Crippen molar-refractivity contribution in [3.05, 3.63) is 60.2 Å². The zero-order chi connectivity index (χ0) is 33.4. The van der Waals surface area contributed by atoms with Gasteiger partial charge in [0.05, 0.1) is 18.3 Å². The Morgan fingerprint density at radius 3 is 2.33 bits per heavy atom. The second kappa shape index (κ2) is 12.6. The maximum atomic E-state index is 14.3. The molecule has 2 aliphatic rings. The number of ether oxygens (including phenoxy) is 2. The molecular weight excluding hydrogens is 588 g/mol. The van der Waals surface area contributed by atoms with Gasteiger partial charge in [0.25, 0.3) is 0 Å². The van der Waals surface area contributed by atoms with Crippen LogP contribution in [0.4, 0.5) is 4.79 Å². The van der Waals surface area contributed by atoms with Gasteiger partial charge in [-0.15, -0.1) is 0 Å². The quantitative estimate of drug-likeness (QED) is 0.303. The highest BCUT2D eigenvalue weighted by Gasteiger charge is 2.54. The van der Waals surface area contributed by atoms with Crippen molar-refractivity contribution in [3.8, 4) is 17.0 Å². The monoisotopic (exact) mass is 630 g/mol. The Kier molecular flexibility index (Phi) is 8.97. The summed E-state index contributed by atoms with van der Waals surface area (Å²) in [5, 5.41) is 16.1. The van der Waals surface area contributed by atoms with Crippen LogP contribution in [-0.4, -0.2) is 75.7 Å². The number of fused-ring (bicyclic) bond motifs is 1. The largest absolute Gasteiger partial charge is 0.497 e. The zero-order valence-corrected chi connectivity index (χ0v) is 27.1. The van der Waals surface area contributed by atoms with Gasteiger partial charge >= 0.3 is 12.1 Å². The van der Waals surface area contributed by atoms with Gasteiger partial charge in [0.15, 0.2) is 0 Å². The van der Waals surface area contributed by atoms with Crippen LogP contribution in [0.3, 0.4) is 0 Å². The number of alkyl carbamates (subject to hydrolysis) is 1. The molecule has 0 unspecified atom stereocenters. The number of amides is 3. The van der Waals surface area contributed by atoms with Crippen molar-refractivity contribution in [1.82, 2.24) is 20.5 Å². The van der Waals surface area contributed by atoms with Crippen LogP contribution in [-0.2, 0) is 19.1 Å². The summed E-state index contributed by atoms with van der Waals surface area (Å²) < 4.78 is 10.9. The minimum atomic E-state index is -1.32. The lowest BCUT2D eigenvalue weighted by Crippen LogP contribution is -2.57. The van der Waals surface area contributed by atoms with Gasteiger partial charge in [0, 0.05) is 29.5 Å². The van der Waals surface area contributed by atoms with Crippen LogP contribution in [0, 0.1) is 5.92 Å².